The molecule has 1 saturated heterocycles. The van der Waals surface area contributed by atoms with Gasteiger partial charge in [-0.2, -0.15) is 0 Å². The monoisotopic (exact) mass is 531 g/mol. The zero-order valence-corrected chi connectivity index (χ0v) is 21.8. The van der Waals surface area contributed by atoms with Crippen molar-refractivity contribution in [2.45, 2.75) is 63.6 Å². The molecule has 0 saturated carbocycles. The van der Waals surface area contributed by atoms with Gasteiger partial charge in [-0.25, -0.2) is 13.6 Å². The largest absolute Gasteiger partial charge is 0.474 e. The van der Waals surface area contributed by atoms with E-state index in [1.54, 1.807) is 0 Å². The Hall–Kier alpha value is -3.37. The van der Waals surface area contributed by atoms with Crippen LogP contribution in [0, 0.1) is 11.6 Å². The second-order valence-electron chi connectivity index (χ2n) is 10.2. The first-order valence-electron chi connectivity index (χ1n) is 12.7. The number of aliphatic hydroxyl groups excluding tert-OH is 1. The number of carboxylic acids is 1. The van der Waals surface area contributed by atoms with Crippen LogP contribution >= 0.6 is 0 Å². The normalized spacial score (nSPS) is 16.7. The van der Waals surface area contributed by atoms with Crippen LogP contribution < -0.4 is 10.6 Å². The minimum atomic E-state index is -1.50. The zero-order chi connectivity index (χ0) is 28.0. The number of piperidine rings is 1. The number of aliphatic hydroxyl groups is 1. The van der Waals surface area contributed by atoms with E-state index < -0.39 is 47.1 Å². The first-order valence-corrected chi connectivity index (χ1v) is 12.7. The van der Waals surface area contributed by atoms with Gasteiger partial charge in [0.1, 0.15) is 11.6 Å². The molecular weight excluding hydrogens is 496 g/mol. The average Bonchev–Trinajstić information content (AvgIpc) is 2.86. The first kappa shape index (κ1) is 29.2. The molecular formula is C28H35F2N3O5. The molecule has 2 amide bonds. The van der Waals surface area contributed by atoms with Crippen molar-refractivity contribution in [1.29, 1.82) is 0 Å². The number of nitrogens with one attached hydrogen (secondary N) is 2. The molecule has 1 heterocycles. The average molecular weight is 532 g/mol. The molecule has 2 aromatic carbocycles. The quantitative estimate of drug-likeness (QED) is 0.370. The van der Waals surface area contributed by atoms with Gasteiger partial charge in [-0.3, -0.25) is 9.59 Å². The summed E-state index contributed by atoms with van der Waals surface area (Å²) in [6, 6.07) is 10.2. The van der Waals surface area contributed by atoms with Gasteiger partial charge in [0.05, 0.1) is 12.1 Å². The van der Waals surface area contributed by atoms with E-state index >= 15 is 0 Å². The highest BCUT2D eigenvalue weighted by Crippen LogP contribution is 2.34. The summed E-state index contributed by atoms with van der Waals surface area (Å²) in [5.41, 5.74) is 1.67. The maximum Gasteiger partial charge on any atom is 0.394 e. The number of carbonyl (C=O) groups excluding carboxylic acids is 2. The molecule has 3 rings (SSSR count). The van der Waals surface area contributed by atoms with E-state index in [1.807, 2.05) is 18.2 Å². The lowest BCUT2D eigenvalue weighted by molar-refractivity contribution is -0.156. The number of likely N-dealkylation sites (tertiary alicyclic amines) is 1. The molecule has 2 aromatic rings. The van der Waals surface area contributed by atoms with Gasteiger partial charge in [-0.05, 0) is 54.0 Å². The maximum atomic E-state index is 13.7. The Morgan fingerprint density at radius 1 is 1.05 bits per heavy atom. The summed E-state index contributed by atoms with van der Waals surface area (Å²) in [7, 11) is 0. The Morgan fingerprint density at radius 2 is 1.68 bits per heavy atom. The first-order chi connectivity index (χ1) is 17.9. The Kier molecular flexibility index (Phi) is 9.56. The molecule has 1 aliphatic heterocycles. The number of hydrogen-bond acceptors (Lipinski definition) is 5. The van der Waals surface area contributed by atoms with Crippen molar-refractivity contribution < 1.29 is 33.4 Å². The van der Waals surface area contributed by atoms with Crippen LogP contribution in [0.25, 0.3) is 0 Å². The van der Waals surface area contributed by atoms with Gasteiger partial charge in [0, 0.05) is 38.2 Å². The van der Waals surface area contributed by atoms with Crippen LogP contribution in [0.2, 0.25) is 0 Å². The van der Waals surface area contributed by atoms with Gasteiger partial charge < -0.3 is 25.7 Å². The number of nitrogens with zero attached hydrogens (tertiary/aromatic N) is 1. The van der Waals surface area contributed by atoms with Gasteiger partial charge in [-0.1, -0.05) is 38.1 Å². The third kappa shape index (κ3) is 7.35. The number of hydrogen-bond donors (Lipinski definition) is 4. The predicted molar refractivity (Wildman–Crippen MR) is 137 cm³/mol. The number of carboxylic acid groups (broad SMARTS) is 1. The molecule has 0 bridgehead atoms. The van der Waals surface area contributed by atoms with Crippen molar-refractivity contribution in [3.8, 4) is 0 Å². The molecule has 4 N–H and O–H groups in total. The van der Waals surface area contributed by atoms with Crippen LogP contribution in [0.15, 0.2) is 42.5 Å². The van der Waals surface area contributed by atoms with Gasteiger partial charge in [-0.15, -0.1) is 0 Å². The SMILES string of the molecule is CC(=O)NC(Cc1cc(F)cc(F)c1)[C@H](O)CNC1(c2cccc(C(C)C)c2)CCN(C(=O)C(=O)O)CC1. The summed E-state index contributed by atoms with van der Waals surface area (Å²) in [6.07, 6.45) is -0.303. The maximum absolute atomic E-state index is 13.7. The highest BCUT2D eigenvalue weighted by atomic mass is 19.1. The van der Waals surface area contributed by atoms with Gasteiger partial charge in [0.25, 0.3) is 0 Å². The molecule has 0 aliphatic carbocycles. The fraction of sp³-hybridized carbons (Fsp3) is 0.464. The molecule has 0 spiro atoms. The van der Waals surface area contributed by atoms with E-state index in [2.05, 4.69) is 30.5 Å². The molecule has 38 heavy (non-hydrogen) atoms. The molecule has 8 nitrogen and oxygen atoms in total. The summed E-state index contributed by atoms with van der Waals surface area (Å²) in [5, 5.41) is 26.3. The Balaban J connectivity index is 1.84. The Bertz CT molecular complexity index is 1140. The van der Waals surface area contributed by atoms with Crippen molar-refractivity contribution >= 4 is 17.8 Å². The molecule has 206 valence electrons. The lowest BCUT2D eigenvalue weighted by Gasteiger charge is -2.43. The standard InChI is InChI=1S/C28H35F2N3O5/c1-17(2)20-5-4-6-21(14-20)28(7-9-33(10-8-28)26(36)27(37)38)31-16-25(35)24(32-18(3)34)13-19-11-22(29)15-23(30)12-19/h4-6,11-12,14-15,17,24-25,31,35H,7-10,13,16H2,1-3H3,(H,32,34)(H,37,38)/t24?,25-/m1/s1. The van der Waals surface area contributed by atoms with Crippen LogP contribution in [-0.4, -0.2) is 64.7 Å². The smallest absolute Gasteiger partial charge is 0.394 e. The van der Waals surface area contributed by atoms with E-state index in [0.717, 1.165) is 29.3 Å². The van der Waals surface area contributed by atoms with Crippen LogP contribution in [-0.2, 0) is 26.3 Å². The summed E-state index contributed by atoms with van der Waals surface area (Å²) >= 11 is 0. The second-order valence-corrected chi connectivity index (χ2v) is 10.2. The van der Waals surface area contributed by atoms with Crippen LogP contribution in [0.5, 0.6) is 0 Å². The number of amides is 2. The van der Waals surface area contributed by atoms with E-state index in [0.29, 0.717) is 18.4 Å². The van der Waals surface area contributed by atoms with E-state index in [9.17, 15) is 28.3 Å². The number of aliphatic carboxylic acids is 1. The third-order valence-electron chi connectivity index (χ3n) is 7.07. The minimum absolute atomic E-state index is 0.00777. The predicted octanol–water partition coefficient (Wildman–Crippen LogP) is 2.69. The highest BCUT2D eigenvalue weighted by molar-refractivity contribution is 6.31. The number of benzene rings is 2. The van der Waals surface area contributed by atoms with Crippen LogP contribution in [0.4, 0.5) is 8.78 Å². The van der Waals surface area contributed by atoms with E-state index in [-0.39, 0.29) is 32.0 Å². The Labute approximate surface area is 221 Å². The molecule has 1 fully saturated rings. The number of rotatable bonds is 9. The van der Waals surface area contributed by atoms with Crippen molar-refractivity contribution in [3.05, 3.63) is 70.8 Å². The number of carbonyl (C=O) groups is 3. The fourth-order valence-electron chi connectivity index (χ4n) is 4.96. The minimum Gasteiger partial charge on any atom is -0.474 e. The zero-order valence-electron chi connectivity index (χ0n) is 21.8. The lowest BCUT2D eigenvalue weighted by atomic mass is 9.79. The number of halogens is 2. The van der Waals surface area contributed by atoms with Crippen molar-refractivity contribution in [2.75, 3.05) is 19.6 Å². The summed E-state index contributed by atoms with van der Waals surface area (Å²) in [5.74, 6) is -4.09. The fourth-order valence-corrected chi connectivity index (χ4v) is 4.96. The molecule has 2 atom stereocenters. The van der Waals surface area contributed by atoms with Gasteiger partial charge in [0.15, 0.2) is 0 Å². The van der Waals surface area contributed by atoms with Crippen molar-refractivity contribution in [3.63, 3.8) is 0 Å². The molecule has 0 radical (unpaired) electrons. The summed E-state index contributed by atoms with van der Waals surface area (Å²) in [4.78, 5) is 36.4. The summed E-state index contributed by atoms with van der Waals surface area (Å²) < 4.78 is 27.5. The third-order valence-corrected chi connectivity index (χ3v) is 7.07. The van der Waals surface area contributed by atoms with Crippen molar-refractivity contribution in [2.24, 2.45) is 0 Å². The van der Waals surface area contributed by atoms with Gasteiger partial charge >= 0.3 is 11.9 Å². The molecule has 10 heteroatoms. The lowest BCUT2D eigenvalue weighted by Crippen LogP contribution is -2.57. The second kappa shape index (κ2) is 12.4. The highest BCUT2D eigenvalue weighted by Gasteiger charge is 2.39. The molecule has 1 unspecified atom stereocenters. The van der Waals surface area contributed by atoms with E-state index in [1.165, 1.54) is 11.8 Å². The van der Waals surface area contributed by atoms with Crippen molar-refractivity contribution in [1.82, 2.24) is 15.5 Å². The van der Waals surface area contributed by atoms with Gasteiger partial charge in [0.2, 0.25) is 5.91 Å². The molecule has 0 aromatic heterocycles. The van der Waals surface area contributed by atoms with Crippen LogP contribution in [0.3, 0.4) is 0 Å². The Morgan fingerprint density at radius 3 is 2.24 bits per heavy atom. The topological polar surface area (TPSA) is 119 Å². The van der Waals surface area contributed by atoms with E-state index in [4.69, 9.17) is 5.11 Å². The molecule has 1 aliphatic rings. The van der Waals surface area contributed by atoms with Crippen LogP contribution in [0.1, 0.15) is 56.2 Å². The summed E-state index contributed by atoms with van der Waals surface area (Å²) in [6.45, 7) is 5.89.